The van der Waals surface area contributed by atoms with Crippen LogP contribution in [-0.2, 0) is 11.3 Å². The van der Waals surface area contributed by atoms with Crippen LogP contribution in [0.5, 0.6) is 0 Å². The molecule has 0 fully saturated rings. The van der Waals surface area contributed by atoms with E-state index in [4.69, 9.17) is 9.68 Å². The SMILES string of the molecule is N#C/C(=C\c1ccccc1)C(=O)NCc1ccco1. The minimum atomic E-state index is -0.414. The minimum absolute atomic E-state index is 0.0674. The van der Waals surface area contributed by atoms with Gasteiger partial charge in [-0.15, -0.1) is 0 Å². The lowest BCUT2D eigenvalue weighted by atomic mass is 10.1. The zero-order valence-electron chi connectivity index (χ0n) is 10.2. The molecule has 0 bridgehead atoms. The molecule has 0 aliphatic heterocycles. The minimum Gasteiger partial charge on any atom is -0.467 e. The van der Waals surface area contributed by atoms with Gasteiger partial charge in [-0.2, -0.15) is 5.26 Å². The molecule has 4 heteroatoms. The van der Waals surface area contributed by atoms with Crippen molar-refractivity contribution in [2.24, 2.45) is 0 Å². The molecule has 0 aliphatic carbocycles. The van der Waals surface area contributed by atoms with Gasteiger partial charge >= 0.3 is 0 Å². The third kappa shape index (κ3) is 3.58. The maximum atomic E-state index is 11.8. The lowest BCUT2D eigenvalue weighted by Crippen LogP contribution is -2.23. The molecule has 19 heavy (non-hydrogen) atoms. The largest absolute Gasteiger partial charge is 0.467 e. The Bertz CT molecular complexity index is 607. The quantitative estimate of drug-likeness (QED) is 0.671. The van der Waals surface area contributed by atoms with Crippen molar-refractivity contribution in [2.75, 3.05) is 0 Å². The van der Waals surface area contributed by atoms with Crippen LogP contribution in [0, 0.1) is 11.3 Å². The standard InChI is InChI=1S/C15H12N2O2/c16-10-13(9-12-5-2-1-3-6-12)15(18)17-11-14-7-4-8-19-14/h1-9H,11H2,(H,17,18)/b13-9+. The van der Waals surface area contributed by atoms with Crippen molar-refractivity contribution >= 4 is 12.0 Å². The molecule has 2 aromatic rings. The van der Waals surface area contributed by atoms with Crippen LogP contribution in [0.3, 0.4) is 0 Å². The fraction of sp³-hybridized carbons (Fsp3) is 0.0667. The summed E-state index contributed by atoms with van der Waals surface area (Å²) < 4.78 is 5.10. The molecule has 94 valence electrons. The molecular formula is C15H12N2O2. The number of hydrogen-bond acceptors (Lipinski definition) is 3. The molecular weight excluding hydrogens is 240 g/mol. The molecule has 0 saturated carbocycles. The first kappa shape index (κ1) is 12.7. The van der Waals surface area contributed by atoms with Gasteiger partial charge in [0.2, 0.25) is 0 Å². The summed E-state index contributed by atoms with van der Waals surface area (Å²) in [5.41, 5.74) is 0.880. The third-order valence-electron chi connectivity index (χ3n) is 2.48. The van der Waals surface area contributed by atoms with E-state index in [0.29, 0.717) is 5.76 Å². The summed E-state index contributed by atoms with van der Waals surface area (Å²) in [5, 5.41) is 11.6. The van der Waals surface area contributed by atoms with Crippen LogP contribution >= 0.6 is 0 Å². The number of rotatable bonds is 4. The van der Waals surface area contributed by atoms with E-state index in [0.717, 1.165) is 5.56 Å². The van der Waals surface area contributed by atoms with Crippen molar-refractivity contribution in [3.8, 4) is 6.07 Å². The van der Waals surface area contributed by atoms with Gasteiger partial charge in [0.15, 0.2) is 0 Å². The normalized spacial score (nSPS) is 10.8. The molecule has 2 rings (SSSR count). The van der Waals surface area contributed by atoms with Crippen LogP contribution in [-0.4, -0.2) is 5.91 Å². The van der Waals surface area contributed by atoms with Crippen LogP contribution < -0.4 is 5.32 Å². The second kappa shape index (κ2) is 6.22. The highest BCUT2D eigenvalue weighted by Gasteiger charge is 2.09. The average Bonchev–Trinajstić information content (AvgIpc) is 2.96. The molecule has 0 radical (unpaired) electrons. The first-order valence-corrected chi connectivity index (χ1v) is 5.77. The Morgan fingerprint density at radius 2 is 2.05 bits per heavy atom. The molecule has 1 aromatic carbocycles. The summed E-state index contributed by atoms with van der Waals surface area (Å²) in [5.74, 6) is 0.230. The molecule has 1 aromatic heterocycles. The summed E-state index contributed by atoms with van der Waals surface area (Å²) in [4.78, 5) is 11.8. The van der Waals surface area contributed by atoms with Gasteiger partial charge in [0.25, 0.3) is 5.91 Å². The van der Waals surface area contributed by atoms with E-state index >= 15 is 0 Å². The Balaban J connectivity index is 2.04. The molecule has 0 atom stereocenters. The summed E-state index contributed by atoms with van der Waals surface area (Å²) in [6, 6.07) is 14.6. The predicted octanol–water partition coefficient (Wildman–Crippen LogP) is 2.50. The molecule has 1 N–H and O–H groups in total. The number of benzene rings is 1. The highest BCUT2D eigenvalue weighted by molar-refractivity contribution is 6.01. The summed E-state index contributed by atoms with van der Waals surface area (Å²) in [6.07, 6.45) is 3.09. The van der Waals surface area contributed by atoms with Crippen molar-refractivity contribution < 1.29 is 9.21 Å². The molecule has 0 saturated heterocycles. The Kier molecular flexibility index (Phi) is 4.14. The fourth-order valence-corrected chi connectivity index (χ4v) is 1.54. The summed E-state index contributed by atoms with van der Waals surface area (Å²) in [7, 11) is 0. The Morgan fingerprint density at radius 3 is 2.68 bits per heavy atom. The molecule has 1 heterocycles. The lowest BCUT2D eigenvalue weighted by molar-refractivity contribution is -0.117. The van der Waals surface area contributed by atoms with E-state index in [1.165, 1.54) is 6.26 Å². The van der Waals surface area contributed by atoms with Crippen LogP contribution in [0.2, 0.25) is 0 Å². The number of nitrogens with one attached hydrogen (secondary N) is 1. The average molecular weight is 252 g/mol. The number of hydrogen-bond donors (Lipinski definition) is 1. The monoisotopic (exact) mass is 252 g/mol. The van der Waals surface area contributed by atoms with E-state index in [-0.39, 0.29) is 12.1 Å². The highest BCUT2D eigenvalue weighted by Crippen LogP contribution is 2.06. The van der Waals surface area contributed by atoms with Gasteiger partial charge in [0.05, 0.1) is 12.8 Å². The van der Waals surface area contributed by atoms with Gasteiger partial charge in [-0.3, -0.25) is 4.79 Å². The van der Waals surface area contributed by atoms with E-state index in [9.17, 15) is 4.79 Å². The molecule has 4 nitrogen and oxygen atoms in total. The molecule has 0 spiro atoms. The highest BCUT2D eigenvalue weighted by atomic mass is 16.3. The van der Waals surface area contributed by atoms with E-state index < -0.39 is 5.91 Å². The van der Waals surface area contributed by atoms with Crippen LogP contribution in [0.4, 0.5) is 0 Å². The smallest absolute Gasteiger partial charge is 0.262 e. The number of amides is 1. The van der Waals surface area contributed by atoms with Crippen LogP contribution in [0.15, 0.2) is 58.7 Å². The van der Waals surface area contributed by atoms with Crippen LogP contribution in [0.25, 0.3) is 6.08 Å². The van der Waals surface area contributed by atoms with E-state index in [2.05, 4.69) is 5.32 Å². The first-order chi connectivity index (χ1) is 9.29. The maximum Gasteiger partial charge on any atom is 0.262 e. The molecule has 0 unspecified atom stereocenters. The van der Waals surface area contributed by atoms with Gasteiger partial charge in [0, 0.05) is 0 Å². The van der Waals surface area contributed by atoms with Crippen LogP contribution in [0.1, 0.15) is 11.3 Å². The summed E-state index contributed by atoms with van der Waals surface area (Å²) >= 11 is 0. The first-order valence-electron chi connectivity index (χ1n) is 5.77. The third-order valence-corrected chi connectivity index (χ3v) is 2.48. The van der Waals surface area contributed by atoms with Crippen molar-refractivity contribution in [2.45, 2.75) is 6.54 Å². The van der Waals surface area contributed by atoms with Gasteiger partial charge < -0.3 is 9.73 Å². The second-order valence-corrected chi connectivity index (χ2v) is 3.84. The van der Waals surface area contributed by atoms with E-state index in [1.807, 2.05) is 36.4 Å². The lowest BCUT2D eigenvalue weighted by Gasteiger charge is -2.01. The Morgan fingerprint density at radius 1 is 1.26 bits per heavy atom. The topological polar surface area (TPSA) is 66.0 Å². The zero-order chi connectivity index (χ0) is 13.5. The van der Waals surface area contributed by atoms with Crippen molar-refractivity contribution in [3.05, 3.63) is 65.6 Å². The molecule has 0 aliphatic rings. The number of nitrogens with zero attached hydrogens (tertiary/aromatic N) is 1. The molecule has 1 amide bonds. The Labute approximate surface area is 111 Å². The summed E-state index contributed by atoms with van der Waals surface area (Å²) in [6.45, 7) is 0.264. The number of carbonyl (C=O) groups excluding carboxylic acids is 1. The van der Waals surface area contributed by atoms with Crippen molar-refractivity contribution in [3.63, 3.8) is 0 Å². The second-order valence-electron chi connectivity index (χ2n) is 3.84. The van der Waals surface area contributed by atoms with E-state index in [1.54, 1.807) is 18.2 Å². The number of nitriles is 1. The number of carbonyl (C=O) groups is 1. The van der Waals surface area contributed by atoms with Gasteiger partial charge in [0.1, 0.15) is 17.4 Å². The number of furan rings is 1. The Hall–Kier alpha value is -2.80. The van der Waals surface area contributed by atoms with Gasteiger partial charge in [-0.25, -0.2) is 0 Å². The van der Waals surface area contributed by atoms with Crippen molar-refractivity contribution in [1.29, 1.82) is 5.26 Å². The van der Waals surface area contributed by atoms with Gasteiger partial charge in [-0.05, 0) is 23.8 Å². The van der Waals surface area contributed by atoms with Crippen molar-refractivity contribution in [1.82, 2.24) is 5.32 Å². The fourth-order valence-electron chi connectivity index (χ4n) is 1.54. The predicted molar refractivity (Wildman–Crippen MR) is 70.6 cm³/mol. The zero-order valence-corrected chi connectivity index (χ0v) is 10.2. The van der Waals surface area contributed by atoms with Gasteiger partial charge in [-0.1, -0.05) is 30.3 Å². The maximum absolute atomic E-state index is 11.8.